The molecule has 0 aliphatic heterocycles. The highest BCUT2D eigenvalue weighted by molar-refractivity contribution is 5.95. The molecule has 1 aromatic rings. The molecule has 0 aromatic heterocycles. The quantitative estimate of drug-likeness (QED) is 0.626. The van der Waals surface area contributed by atoms with Crippen molar-refractivity contribution in [2.45, 2.75) is 18.9 Å². The van der Waals surface area contributed by atoms with Gasteiger partial charge in [-0.15, -0.1) is 0 Å². The van der Waals surface area contributed by atoms with Gasteiger partial charge < -0.3 is 5.32 Å². The molecule has 1 saturated carbocycles. The topological polar surface area (TPSA) is 72.2 Å². The number of carbonyl (C=O) groups is 1. The van der Waals surface area contributed by atoms with Crippen molar-refractivity contribution in [2.24, 2.45) is 0 Å². The molecule has 1 fully saturated rings. The van der Waals surface area contributed by atoms with Gasteiger partial charge in [-0.1, -0.05) is 6.07 Å². The van der Waals surface area contributed by atoms with Gasteiger partial charge in [0.05, 0.1) is 10.5 Å². The van der Waals surface area contributed by atoms with E-state index in [2.05, 4.69) is 5.32 Å². The average molecular weight is 224 g/mol. The van der Waals surface area contributed by atoms with E-state index in [0.29, 0.717) is 0 Å². The van der Waals surface area contributed by atoms with Gasteiger partial charge in [0.25, 0.3) is 5.91 Å². The third kappa shape index (κ3) is 2.00. The van der Waals surface area contributed by atoms with Crippen LogP contribution in [0.5, 0.6) is 0 Å². The number of amides is 1. The predicted molar refractivity (Wildman–Crippen MR) is 53.5 cm³/mol. The van der Waals surface area contributed by atoms with Gasteiger partial charge in [-0.3, -0.25) is 14.9 Å². The molecule has 0 heterocycles. The molecule has 0 spiro atoms. The summed E-state index contributed by atoms with van der Waals surface area (Å²) >= 11 is 0. The second-order valence-electron chi connectivity index (χ2n) is 3.64. The van der Waals surface area contributed by atoms with E-state index in [1.807, 2.05) is 0 Å². The van der Waals surface area contributed by atoms with E-state index in [-0.39, 0.29) is 11.6 Å². The van der Waals surface area contributed by atoms with Crippen molar-refractivity contribution in [3.63, 3.8) is 0 Å². The van der Waals surface area contributed by atoms with Gasteiger partial charge in [0, 0.05) is 12.1 Å². The molecule has 0 saturated heterocycles. The molecule has 6 heteroatoms. The lowest BCUT2D eigenvalue weighted by molar-refractivity contribution is -0.387. The molecule has 1 aromatic carbocycles. The summed E-state index contributed by atoms with van der Waals surface area (Å²) in [6.45, 7) is 0. The number of carbonyl (C=O) groups excluding carboxylic acids is 1. The minimum atomic E-state index is -1.08. The Morgan fingerprint density at radius 3 is 2.75 bits per heavy atom. The van der Waals surface area contributed by atoms with Crippen LogP contribution in [0.15, 0.2) is 18.2 Å². The first-order chi connectivity index (χ1) is 7.59. The Labute approximate surface area is 90.4 Å². The van der Waals surface area contributed by atoms with Crippen LogP contribution in [0, 0.1) is 15.9 Å². The number of rotatable bonds is 3. The molecular formula is C10H9FN2O3. The summed E-state index contributed by atoms with van der Waals surface area (Å²) < 4.78 is 13.5. The molecular weight excluding hydrogens is 215 g/mol. The second-order valence-corrected chi connectivity index (χ2v) is 3.64. The Morgan fingerprint density at radius 2 is 2.19 bits per heavy atom. The Morgan fingerprint density at radius 1 is 1.50 bits per heavy atom. The molecule has 16 heavy (non-hydrogen) atoms. The molecule has 0 radical (unpaired) electrons. The number of hydrogen-bond acceptors (Lipinski definition) is 3. The maximum absolute atomic E-state index is 13.5. The lowest BCUT2D eigenvalue weighted by Crippen LogP contribution is -2.26. The highest BCUT2D eigenvalue weighted by Crippen LogP contribution is 2.23. The summed E-state index contributed by atoms with van der Waals surface area (Å²) in [5.41, 5.74) is -0.954. The summed E-state index contributed by atoms with van der Waals surface area (Å²) in [5, 5.41) is 13.0. The van der Waals surface area contributed by atoms with Gasteiger partial charge in [0.2, 0.25) is 5.82 Å². The molecule has 0 unspecified atom stereocenters. The second kappa shape index (κ2) is 3.88. The third-order valence-electron chi connectivity index (χ3n) is 2.33. The molecule has 1 N–H and O–H groups in total. The van der Waals surface area contributed by atoms with E-state index in [1.165, 1.54) is 12.1 Å². The fourth-order valence-corrected chi connectivity index (χ4v) is 1.33. The molecule has 84 valence electrons. The number of halogens is 1. The number of nitrogens with one attached hydrogen (secondary N) is 1. The zero-order valence-corrected chi connectivity index (χ0v) is 8.27. The van der Waals surface area contributed by atoms with Crippen molar-refractivity contribution >= 4 is 11.6 Å². The number of nitro benzene ring substituents is 1. The molecule has 5 nitrogen and oxygen atoms in total. The average Bonchev–Trinajstić information content (AvgIpc) is 3.01. The summed E-state index contributed by atoms with van der Waals surface area (Å²) in [6, 6.07) is 3.65. The van der Waals surface area contributed by atoms with Crippen molar-refractivity contribution < 1.29 is 14.1 Å². The SMILES string of the molecule is O=C(NC1CC1)c1cccc([N+](=O)[O-])c1F. The molecule has 1 aliphatic carbocycles. The Balaban J connectivity index is 2.29. The lowest BCUT2D eigenvalue weighted by Gasteiger charge is -2.04. The van der Waals surface area contributed by atoms with Crippen molar-refractivity contribution in [2.75, 3.05) is 0 Å². The van der Waals surface area contributed by atoms with Crippen LogP contribution >= 0.6 is 0 Å². The van der Waals surface area contributed by atoms with Gasteiger partial charge in [-0.25, -0.2) is 0 Å². The highest BCUT2D eigenvalue weighted by Gasteiger charge is 2.27. The fraction of sp³-hybridized carbons (Fsp3) is 0.300. The van der Waals surface area contributed by atoms with Crippen LogP contribution in [0.3, 0.4) is 0 Å². The minimum Gasteiger partial charge on any atom is -0.349 e. The maximum Gasteiger partial charge on any atom is 0.305 e. The number of benzene rings is 1. The van der Waals surface area contributed by atoms with E-state index in [1.54, 1.807) is 0 Å². The van der Waals surface area contributed by atoms with Crippen LogP contribution in [-0.2, 0) is 0 Å². The first-order valence-electron chi connectivity index (χ1n) is 4.83. The monoisotopic (exact) mass is 224 g/mol. The van der Waals surface area contributed by atoms with E-state index in [4.69, 9.17) is 0 Å². The zero-order valence-electron chi connectivity index (χ0n) is 8.27. The molecule has 2 rings (SSSR count). The fourth-order valence-electron chi connectivity index (χ4n) is 1.33. The van der Waals surface area contributed by atoms with Gasteiger partial charge in [0.15, 0.2) is 0 Å². The van der Waals surface area contributed by atoms with Crippen LogP contribution in [0.2, 0.25) is 0 Å². The summed E-state index contributed by atoms with van der Waals surface area (Å²) in [7, 11) is 0. The Kier molecular flexibility index (Phi) is 2.55. The van der Waals surface area contributed by atoms with Crippen molar-refractivity contribution in [3.8, 4) is 0 Å². The van der Waals surface area contributed by atoms with Crippen LogP contribution in [0.4, 0.5) is 10.1 Å². The van der Waals surface area contributed by atoms with Crippen molar-refractivity contribution in [3.05, 3.63) is 39.7 Å². The standard InChI is InChI=1S/C10H9FN2O3/c11-9-7(10(14)12-6-4-5-6)2-1-3-8(9)13(15)16/h1-3,6H,4-5H2,(H,12,14). The van der Waals surface area contributed by atoms with E-state index in [9.17, 15) is 19.3 Å². The molecule has 0 atom stereocenters. The number of nitrogens with zero attached hydrogens (tertiary/aromatic N) is 1. The maximum atomic E-state index is 13.5. The highest BCUT2D eigenvalue weighted by atomic mass is 19.1. The number of hydrogen-bond donors (Lipinski definition) is 1. The molecule has 0 bridgehead atoms. The van der Waals surface area contributed by atoms with Gasteiger partial charge >= 0.3 is 5.69 Å². The Hall–Kier alpha value is -1.98. The van der Waals surface area contributed by atoms with Gasteiger partial charge in [-0.2, -0.15) is 4.39 Å². The van der Waals surface area contributed by atoms with Crippen molar-refractivity contribution in [1.82, 2.24) is 5.32 Å². The van der Waals surface area contributed by atoms with E-state index in [0.717, 1.165) is 18.9 Å². The molecule has 1 aliphatic rings. The normalized spacial score (nSPS) is 14.6. The first kappa shape index (κ1) is 10.5. The van der Waals surface area contributed by atoms with Gasteiger partial charge in [0.1, 0.15) is 0 Å². The first-order valence-corrected chi connectivity index (χ1v) is 4.83. The van der Waals surface area contributed by atoms with Crippen LogP contribution in [-0.4, -0.2) is 16.9 Å². The van der Waals surface area contributed by atoms with Crippen LogP contribution < -0.4 is 5.32 Å². The lowest BCUT2D eigenvalue weighted by atomic mass is 10.1. The zero-order chi connectivity index (χ0) is 11.7. The van der Waals surface area contributed by atoms with Gasteiger partial charge in [-0.05, 0) is 18.9 Å². The molecule has 1 amide bonds. The van der Waals surface area contributed by atoms with E-state index >= 15 is 0 Å². The third-order valence-corrected chi connectivity index (χ3v) is 2.33. The largest absolute Gasteiger partial charge is 0.349 e. The number of nitro groups is 1. The van der Waals surface area contributed by atoms with E-state index < -0.39 is 22.3 Å². The summed E-state index contributed by atoms with van der Waals surface area (Å²) in [6.07, 6.45) is 1.75. The summed E-state index contributed by atoms with van der Waals surface area (Å²) in [5.74, 6) is -1.67. The van der Waals surface area contributed by atoms with Crippen LogP contribution in [0.25, 0.3) is 0 Å². The summed E-state index contributed by atoms with van der Waals surface area (Å²) in [4.78, 5) is 21.1. The smallest absolute Gasteiger partial charge is 0.305 e. The van der Waals surface area contributed by atoms with Crippen LogP contribution in [0.1, 0.15) is 23.2 Å². The predicted octanol–water partition coefficient (Wildman–Crippen LogP) is 1.63. The Bertz CT molecular complexity index is 457. The minimum absolute atomic E-state index is 0.0890. The van der Waals surface area contributed by atoms with Crippen molar-refractivity contribution in [1.29, 1.82) is 0 Å².